The van der Waals surface area contributed by atoms with Crippen molar-refractivity contribution in [3.05, 3.63) is 47.8 Å². The van der Waals surface area contributed by atoms with E-state index in [1.807, 2.05) is 35.2 Å². The Morgan fingerprint density at radius 1 is 1.26 bits per heavy atom. The van der Waals surface area contributed by atoms with Gasteiger partial charge in [-0.25, -0.2) is 0 Å². The lowest BCUT2D eigenvalue weighted by atomic mass is 9.83. The van der Waals surface area contributed by atoms with Crippen LogP contribution in [0.4, 0.5) is 0 Å². The van der Waals surface area contributed by atoms with Gasteiger partial charge in [0, 0.05) is 50.0 Å². The second kappa shape index (κ2) is 12.9. The molecule has 1 saturated heterocycles. The number of hydrogen-bond donors (Lipinski definition) is 2. The van der Waals surface area contributed by atoms with E-state index >= 15 is 0 Å². The van der Waals surface area contributed by atoms with Crippen LogP contribution in [0.5, 0.6) is 17.2 Å². The van der Waals surface area contributed by atoms with Crippen LogP contribution in [0.2, 0.25) is 0 Å². The molecular formula is C28H38N4O6. The minimum atomic E-state index is -0.891. The maximum atomic E-state index is 13.4. The van der Waals surface area contributed by atoms with Crippen LogP contribution in [0.25, 0.3) is 0 Å². The monoisotopic (exact) mass is 526 g/mol. The number of likely N-dealkylation sites (tertiary alicyclic amines) is 1. The van der Waals surface area contributed by atoms with Gasteiger partial charge in [0.15, 0.2) is 11.5 Å². The van der Waals surface area contributed by atoms with Crippen LogP contribution in [0.3, 0.4) is 0 Å². The fraction of sp³-hybridized carbons (Fsp3) is 0.536. The molecule has 0 aliphatic carbocycles. The first kappa shape index (κ1) is 27.7. The Morgan fingerprint density at radius 2 is 2.11 bits per heavy atom. The number of carboxylic acids is 1. The fourth-order valence-corrected chi connectivity index (χ4v) is 5.54. The molecule has 2 aliphatic heterocycles. The third-order valence-corrected chi connectivity index (χ3v) is 7.44. The van der Waals surface area contributed by atoms with Crippen molar-refractivity contribution in [2.24, 2.45) is 11.7 Å². The normalized spacial score (nSPS) is 20.4. The van der Waals surface area contributed by atoms with Crippen molar-refractivity contribution in [3.63, 3.8) is 0 Å². The minimum Gasteiger partial charge on any atom is -0.493 e. The number of ether oxygens (including phenoxy) is 3. The molecule has 3 unspecified atom stereocenters. The highest BCUT2D eigenvalue weighted by atomic mass is 16.7. The first-order valence-electron chi connectivity index (χ1n) is 13.3. The lowest BCUT2D eigenvalue weighted by Gasteiger charge is -2.29. The molecule has 4 rings (SSSR count). The minimum absolute atomic E-state index is 0.0280. The fourth-order valence-electron chi connectivity index (χ4n) is 5.54. The molecule has 206 valence electrons. The molecule has 2 aliphatic rings. The molecule has 2 aromatic rings. The smallest absolute Gasteiger partial charge is 0.308 e. The number of unbranched alkanes of at least 4 members (excludes halogenated alkanes) is 1. The van der Waals surface area contributed by atoms with Gasteiger partial charge < -0.3 is 30.0 Å². The van der Waals surface area contributed by atoms with Crippen LogP contribution in [0, 0.1) is 5.92 Å². The number of carbonyl (C=O) groups is 2. The number of nitrogens with zero attached hydrogens (tertiary/aromatic N) is 3. The number of aliphatic carboxylic acids is 1. The SMILES string of the molecule is CCCCN(CCN)C(=O)CN1CC(c2cc(OC)c3c(c2)OCO3)C(C(=O)O)C1CCc1ccccn1. The Bertz CT molecular complexity index is 1100. The van der Waals surface area contributed by atoms with E-state index in [-0.39, 0.29) is 31.2 Å². The van der Waals surface area contributed by atoms with Crippen molar-refractivity contribution in [1.82, 2.24) is 14.8 Å². The number of aromatic nitrogens is 1. The summed E-state index contributed by atoms with van der Waals surface area (Å²) in [6.07, 6.45) is 4.77. The first-order valence-corrected chi connectivity index (χ1v) is 13.3. The van der Waals surface area contributed by atoms with Crippen LogP contribution in [-0.2, 0) is 16.0 Å². The number of pyridine rings is 1. The number of fused-ring (bicyclic) bond motifs is 1. The molecule has 1 aromatic heterocycles. The summed E-state index contributed by atoms with van der Waals surface area (Å²) in [5.74, 6) is -0.444. The predicted octanol–water partition coefficient (Wildman–Crippen LogP) is 2.51. The quantitative estimate of drug-likeness (QED) is 0.405. The van der Waals surface area contributed by atoms with Crippen LogP contribution < -0.4 is 19.9 Å². The van der Waals surface area contributed by atoms with Crippen molar-refractivity contribution < 1.29 is 28.9 Å². The van der Waals surface area contributed by atoms with Gasteiger partial charge in [-0.3, -0.25) is 19.5 Å². The highest BCUT2D eigenvalue weighted by Crippen LogP contribution is 2.47. The van der Waals surface area contributed by atoms with Gasteiger partial charge in [0.25, 0.3) is 0 Å². The Kier molecular flexibility index (Phi) is 9.41. The molecule has 1 aromatic carbocycles. The Labute approximate surface area is 223 Å². The van der Waals surface area contributed by atoms with Crippen molar-refractivity contribution in [1.29, 1.82) is 0 Å². The number of rotatable bonds is 13. The zero-order valence-electron chi connectivity index (χ0n) is 22.2. The highest BCUT2D eigenvalue weighted by molar-refractivity contribution is 5.79. The molecule has 0 radical (unpaired) electrons. The third kappa shape index (κ3) is 6.19. The van der Waals surface area contributed by atoms with Crippen LogP contribution in [0.15, 0.2) is 36.5 Å². The van der Waals surface area contributed by atoms with Gasteiger partial charge in [-0.05, 0) is 49.1 Å². The summed E-state index contributed by atoms with van der Waals surface area (Å²) >= 11 is 0. The van der Waals surface area contributed by atoms with Crippen molar-refractivity contribution in [2.75, 3.05) is 46.6 Å². The summed E-state index contributed by atoms with van der Waals surface area (Å²) in [7, 11) is 1.55. The van der Waals surface area contributed by atoms with Crippen LogP contribution in [-0.4, -0.2) is 84.4 Å². The zero-order chi connectivity index (χ0) is 27.1. The maximum Gasteiger partial charge on any atom is 0.308 e. The van der Waals surface area contributed by atoms with E-state index in [0.717, 1.165) is 24.1 Å². The number of nitrogens with two attached hydrogens (primary N) is 1. The van der Waals surface area contributed by atoms with E-state index in [1.165, 1.54) is 0 Å². The second-order valence-electron chi connectivity index (χ2n) is 9.81. The molecule has 0 spiro atoms. The van der Waals surface area contributed by atoms with Gasteiger partial charge in [-0.15, -0.1) is 0 Å². The molecule has 38 heavy (non-hydrogen) atoms. The van der Waals surface area contributed by atoms with Crippen molar-refractivity contribution >= 4 is 11.9 Å². The van der Waals surface area contributed by atoms with Gasteiger partial charge in [-0.1, -0.05) is 19.4 Å². The van der Waals surface area contributed by atoms with Gasteiger partial charge in [0.05, 0.1) is 19.6 Å². The van der Waals surface area contributed by atoms with E-state index < -0.39 is 11.9 Å². The molecular weight excluding hydrogens is 488 g/mol. The number of methoxy groups -OCH3 is 1. The standard InChI is InChI=1S/C28H38N4O6/c1-3-4-12-31(13-10-29)25(33)17-32-16-21(19-14-23(36-2)27-24(15-19)37-18-38-27)26(28(34)35)22(32)9-8-20-7-5-6-11-30-20/h5-7,11,14-15,21-22,26H,3-4,8-10,12-13,16-18,29H2,1-2H3,(H,34,35). The number of amides is 1. The average molecular weight is 527 g/mol. The number of benzene rings is 1. The average Bonchev–Trinajstić information content (AvgIpc) is 3.54. The molecule has 0 saturated carbocycles. The van der Waals surface area contributed by atoms with E-state index in [1.54, 1.807) is 18.2 Å². The molecule has 1 fully saturated rings. The van der Waals surface area contributed by atoms with Gasteiger partial charge in [0.1, 0.15) is 0 Å². The topological polar surface area (TPSA) is 127 Å². The predicted molar refractivity (Wildman–Crippen MR) is 141 cm³/mol. The summed E-state index contributed by atoms with van der Waals surface area (Å²) in [5.41, 5.74) is 7.48. The summed E-state index contributed by atoms with van der Waals surface area (Å²) < 4.78 is 16.7. The Balaban J connectivity index is 1.64. The van der Waals surface area contributed by atoms with Crippen molar-refractivity contribution in [2.45, 2.75) is 44.6 Å². The first-order chi connectivity index (χ1) is 18.5. The number of aryl methyl sites for hydroxylation is 1. The van der Waals surface area contributed by atoms with E-state index in [9.17, 15) is 14.7 Å². The second-order valence-corrected chi connectivity index (χ2v) is 9.81. The summed E-state index contributed by atoms with van der Waals surface area (Å²) in [5, 5.41) is 10.5. The summed E-state index contributed by atoms with van der Waals surface area (Å²) in [6, 6.07) is 9.04. The Hall–Kier alpha value is -3.37. The van der Waals surface area contributed by atoms with Gasteiger partial charge in [0.2, 0.25) is 18.4 Å². The molecule has 1 amide bonds. The number of carbonyl (C=O) groups excluding carboxylic acids is 1. The van der Waals surface area contributed by atoms with Gasteiger partial charge in [-0.2, -0.15) is 0 Å². The van der Waals surface area contributed by atoms with Crippen LogP contribution in [0.1, 0.15) is 43.4 Å². The van der Waals surface area contributed by atoms with E-state index in [0.29, 0.717) is 56.3 Å². The summed E-state index contributed by atoms with van der Waals surface area (Å²) in [6.45, 7) is 4.24. The molecule has 3 heterocycles. The zero-order valence-corrected chi connectivity index (χ0v) is 22.2. The van der Waals surface area contributed by atoms with Crippen molar-refractivity contribution in [3.8, 4) is 17.2 Å². The largest absolute Gasteiger partial charge is 0.493 e. The number of carboxylic acid groups (broad SMARTS) is 1. The molecule has 10 nitrogen and oxygen atoms in total. The molecule has 3 atom stereocenters. The number of hydrogen-bond acceptors (Lipinski definition) is 8. The third-order valence-electron chi connectivity index (χ3n) is 7.44. The maximum absolute atomic E-state index is 13.4. The summed E-state index contributed by atoms with van der Waals surface area (Å²) in [4.78, 5) is 34.4. The van der Waals surface area contributed by atoms with Crippen LogP contribution >= 0.6 is 0 Å². The van der Waals surface area contributed by atoms with E-state index in [2.05, 4.69) is 11.9 Å². The lowest BCUT2D eigenvalue weighted by Crippen LogP contribution is -2.45. The Morgan fingerprint density at radius 3 is 2.79 bits per heavy atom. The molecule has 3 N–H and O–H groups in total. The van der Waals surface area contributed by atoms with E-state index in [4.69, 9.17) is 19.9 Å². The molecule has 10 heteroatoms. The highest BCUT2D eigenvalue weighted by Gasteiger charge is 2.47. The van der Waals surface area contributed by atoms with Gasteiger partial charge >= 0.3 is 5.97 Å². The lowest BCUT2D eigenvalue weighted by molar-refractivity contribution is -0.143. The molecule has 0 bridgehead atoms.